The lowest BCUT2D eigenvalue weighted by Gasteiger charge is -2.27. The molecule has 45 heavy (non-hydrogen) atoms. The lowest BCUT2D eigenvalue weighted by atomic mass is 10.0. The predicted molar refractivity (Wildman–Crippen MR) is 167 cm³/mol. The van der Waals surface area contributed by atoms with Gasteiger partial charge in [0.1, 0.15) is 18.1 Å². The fraction of sp³-hybridized carbons (Fsp3) is 0.419. The minimum absolute atomic E-state index is 0.0465. The van der Waals surface area contributed by atoms with E-state index in [1.807, 2.05) is 6.07 Å². The Morgan fingerprint density at radius 2 is 1.51 bits per heavy atom. The lowest BCUT2D eigenvalue weighted by Crippen LogP contribution is -2.55. The van der Waals surface area contributed by atoms with E-state index in [-0.39, 0.29) is 24.7 Å². The summed E-state index contributed by atoms with van der Waals surface area (Å²) in [7, 11) is 0. The maximum absolute atomic E-state index is 13.3. The van der Waals surface area contributed by atoms with Crippen molar-refractivity contribution >= 4 is 35.6 Å². The molecule has 3 rings (SSSR count). The molecule has 4 amide bonds. The average Bonchev–Trinajstić information content (AvgIpc) is 3.52. The first-order valence-electron chi connectivity index (χ1n) is 14.8. The van der Waals surface area contributed by atoms with Crippen LogP contribution in [0.1, 0.15) is 36.8 Å². The Bertz CT molecular complexity index is 1340. The van der Waals surface area contributed by atoms with Crippen LogP contribution in [-0.4, -0.2) is 89.4 Å². The van der Waals surface area contributed by atoms with Crippen LogP contribution in [0.5, 0.6) is 0 Å². The number of amides is 4. The molecule has 0 saturated carbocycles. The normalized spacial score (nSPS) is 16.1. The summed E-state index contributed by atoms with van der Waals surface area (Å²) in [6, 6.07) is 13.9. The van der Waals surface area contributed by atoms with Gasteiger partial charge < -0.3 is 43.2 Å². The number of aliphatic carboxylic acids is 1. The van der Waals surface area contributed by atoms with E-state index in [0.717, 1.165) is 11.1 Å². The topological polar surface area (TPSA) is 235 Å². The minimum atomic E-state index is -1.22. The molecule has 0 radical (unpaired) electrons. The van der Waals surface area contributed by atoms with Crippen molar-refractivity contribution in [3.05, 3.63) is 71.8 Å². The van der Waals surface area contributed by atoms with Gasteiger partial charge >= 0.3 is 5.97 Å². The van der Waals surface area contributed by atoms with Gasteiger partial charge in [-0.2, -0.15) is 0 Å². The van der Waals surface area contributed by atoms with Crippen LogP contribution in [0.15, 0.2) is 65.7 Å². The highest BCUT2D eigenvalue weighted by molar-refractivity contribution is 5.94. The number of carboxylic acids is 1. The van der Waals surface area contributed by atoms with Crippen molar-refractivity contribution in [2.45, 2.75) is 62.7 Å². The number of carbonyl (C=O) groups is 5. The van der Waals surface area contributed by atoms with Crippen LogP contribution in [0.2, 0.25) is 0 Å². The van der Waals surface area contributed by atoms with Crippen molar-refractivity contribution in [1.82, 2.24) is 20.9 Å². The summed E-state index contributed by atoms with van der Waals surface area (Å²) in [5, 5.41) is 17.5. The number of carbonyl (C=O) groups excluding carboxylic acids is 4. The highest BCUT2D eigenvalue weighted by Gasteiger charge is 2.36. The second kappa shape index (κ2) is 17.3. The number of nitrogens with two attached hydrogens (primary N) is 3. The number of nitrogens with zero attached hydrogens (tertiary/aromatic N) is 2. The standard InChI is InChI=1S/C31H42N8O6/c32-22(13-7-15-35-31(33)34)29(43)39-16-8-14-25(39)28(42)36-19-26(40)37-23(17-20-9-3-1-4-10-20)27(41)38-24(30(44)45)18-21-11-5-2-6-12-21/h1-6,9-12,22-25H,7-8,13-19,32H2,(H,36,42)(H,37,40)(H,38,41)(H,44,45)(H4,33,34,35). The van der Waals surface area contributed by atoms with Crippen molar-refractivity contribution in [3.63, 3.8) is 0 Å². The predicted octanol–water partition coefficient (Wildman–Crippen LogP) is -0.986. The molecule has 2 aromatic carbocycles. The van der Waals surface area contributed by atoms with Crippen molar-refractivity contribution in [3.8, 4) is 0 Å². The Balaban J connectivity index is 1.59. The van der Waals surface area contributed by atoms with Crippen LogP contribution in [0.25, 0.3) is 0 Å². The number of nitrogens with one attached hydrogen (secondary N) is 3. The quantitative estimate of drug-likeness (QED) is 0.0691. The van der Waals surface area contributed by atoms with Gasteiger partial charge in [0.25, 0.3) is 0 Å². The summed E-state index contributed by atoms with van der Waals surface area (Å²) < 4.78 is 0. The van der Waals surface area contributed by atoms with Gasteiger partial charge in [-0.1, -0.05) is 60.7 Å². The van der Waals surface area contributed by atoms with E-state index in [4.69, 9.17) is 17.2 Å². The maximum Gasteiger partial charge on any atom is 0.326 e. The molecule has 0 spiro atoms. The first-order valence-corrected chi connectivity index (χ1v) is 14.8. The minimum Gasteiger partial charge on any atom is -0.480 e. The summed E-state index contributed by atoms with van der Waals surface area (Å²) >= 11 is 0. The highest BCUT2D eigenvalue weighted by Crippen LogP contribution is 2.19. The molecule has 1 aliphatic heterocycles. The van der Waals surface area contributed by atoms with Gasteiger partial charge in [-0.05, 0) is 36.8 Å². The number of hydrogen-bond donors (Lipinski definition) is 7. The van der Waals surface area contributed by atoms with Crippen LogP contribution >= 0.6 is 0 Å². The first-order chi connectivity index (χ1) is 21.5. The number of carboxylic acid groups (broad SMARTS) is 1. The van der Waals surface area contributed by atoms with Gasteiger partial charge in [0.2, 0.25) is 23.6 Å². The Morgan fingerprint density at radius 3 is 2.09 bits per heavy atom. The zero-order valence-electron chi connectivity index (χ0n) is 25.1. The van der Waals surface area contributed by atoms with Crippen molar-refractivity contribution < 1.29 is 29.1 Å². The van der Waals surface area contributed by atoms with Gasteiger partial charge in [0.05, 0.1) is 12.6 Å². The smallest absolute Gasteiger partial charge is 0.326 e. The van der Waals surface area contributed by atoms with E-state index in [1.54, 1.807) is 54.6 Å². The number of aliphatic imine (C=N–C) groups is 1. The molecular formula is C31H42N8O6. The molecule has 4 atom stereocenters. The Hall–Kier alpha value is -4.98. The van der Waals surface area contributed by atoms with Crippen LogP contribution < -0.4 is 33.2 Å². The number of hydrogen-bond acceptors (Lipinski definition) is 7. The van der Waals surface area contributed by atoms with Gasteiger partial charge in [-0.3, -0.25) is 24.2 Å². The van der Waals surface area contributed by atoms with Gasteiger partial charge in [-0.25, -0.2) is 4.79 Å². The molecule has 1 aliphatic rings. The summed E-state index contributed by atoms with van der Waals surface area (Å²) in [4.78, 5) is 69.4. The van der Waals surface area contributed by atoms with Crippen LogP contribution in [-0.2, 0) is 36.8 Å². The number of benzene rings is 2. The molecule has 1 heterocycles. The summed E-state index contributed by atoms with van der Waals surface area (Å²) in [5.74, 6) is -3.47. The van der Waals surface area contributed by atoms with Crippen molar-refractivity contribution in [1.29, 1.82) is 0 Å². The van der Waals surface area contributed by atoms with Crippen LogP contribution in [0.4, 0.5) is 0 Å². The van der Waals surface area contributed by atoms with Gasteiger partial charge in [0.15, 0.2) is 5.96 Å². The second-order valence-electron chi connectivity index (χ2n) is 10.9. The van der Waals surface area contributed by atoms with E-state index < -0.39 is 54.4 Å². The molecule has 0 aliphatic carbocycles. The van der Waals surface area contributed by atoms with E-state index in [0.29, 0.717) is 38.8 Å². The molecule has 14 heteroatoms. The highest BCUT2D eigenvalue weighted by atomic mass is 16.4. The number of guanidine groups is 1. The average molecular weight is 623 g/mol. The first kappa shape index (κ1) is 34.5. The maximum atomic E-state index is 13.3. The summed E-state index contributed by atoms with van der Waals surface area (Å²) in [6.45, 7) is 0.236. The molecular weight excluding hydrogens is 580 g/mol. The molecule has 4 unspecified atom stereocenters. The van der Waals surface area contributed by atoms with Gasteiger partial charge in [-0.15, -0.1) is 0 Å². The van der Waals surface area contributed by atoms with Crippen molar-refractivity contribution in [2.75, 3.05) is 19.6 Å². The third kappa shape index (κ3) is 11.2. The van der Waals surface area contributed by atoms with Gasteiger partial charge in [0, 0.05) is 25.9 Å². The largest absolute Gasteiger partial charge is 0.480 e. The zero-order valence-corrected chi connectivity index (χ0v) is 25.1. The summed E-state index contributed by atoms with van der Waals surface area (Å²) in [6.07, 6.45) is 1.99. The molecule has 10 N–H and O–H groups in total. The third-order valence-corrected chi connectivity index (χ3v) is 7.38. The van der Waals surface area contributed by atoms with E-state index in [9.17, 15) is 29.1 Å². The Labute approximate surface area is 261 Å². The fourth-order valence-corrected chi connectivity index (χ4v) is 5.07. The Kier molecular flexibility index (Phi) is 13.3. The fourth-order valence-electron chi connectivity index (χ4n) is 5.07. The molecule has 0 bridgehead atoms. The zero-order chi connectivity index (χ0) is 32.8. The molecule has 0 aromatic heterocycles. The van der Waals surface area contributed by atoms with Crippen molar-refractivity contribution in [2.24, 2.45) is 22.2 Å². The molecule has 242 valence electrons. The molecule has 1 fully saturated rings. The monoisotopic (exact) mass is 622 g/mol. The van der Waals surface area contributed by atoms with Crippen LogP contribution in [0, 0.1) is 0 Å². The lowest BCUT2D eigenvalue weighted by molar-refractivity contribution is -0.142. The second-order valence-corrected chi connectivity index (χ2v) is 10.9. The van der Waals surface area contributed by atoms with E-state index in [2.05, 4.69) is 20.9 Å². The van der Waals surface area contributed by atoms with Crippen LogP contribution in [0.3, 0.4) is 0 Å². The summed E-state index contributed by atoms with van der Waals surface area (Å²) in [5.41, 5.74) is 18.2. The SMILES string of the molecule is NC(N)=NCCCC(N)C(=O)N1CCCC1C(=O)NCC(=O)NC(Cc1ccccc1)C(=O)NC(Cc1ccccc1)C(=O)O. The molecule has 14 nitrogen and oxygen atoms in total. The molecule has 1 saturated heterocycles. The Morgan fingerprint density at radius 1 is 0.911 bits per heavy atom. The van der Waals surface area contributed by atoms with E-state index in [1.165, 1.54) is 4.90 Å². The number of likely N-dealkylation sites (tertiary alicyclic amines) is 1. The third-order valence-electron chi connectivity index (χ3n) is 7.38. The number of rotatable bonds is 16. The molecule has 2 aromatic rings. The van der Waals surface area contributed by atoms with E-state index >= 15 is 0 Å².